The highest BCUT2D eigenvalue weighted by Gasteiger charge is 2.04. The summed E-state index contributed by atoms with van der Waals surface area (Å²) in [6, 6.07) is 29.3. The molecule has 0 saturated carbocycles. The summed E-state index contributed by atoms with van der Waals surface area (Å²) in [5.74, 6) is 2.10. The molecule has 1 atom stereocenters. The van der Waals surface area contributed by atoms with E-state index in [2.05, 4.69) is 83.1 Å². The minimum absolute atomic E-state index is 0.0788. The van der Waals surface area contributed by atoms with Crippen LogP contribution >= 0.6 is 23.5 Å². The van der Waals surface area contributed by atoms with E-state index in [9.17, 15) is 0 Å². The molecule has 0 radical (unpaired) electrons. The van der Waals surface area contributed by atoms with E-state index in [0.717, 1.165) is 22.9 Å². The first-order valence-electron chi connectivity index (χ1n) is 12.8. The Labute approximate surface area is 223 Å². The van der Waals surface area contributed by atoms with Crippen molar-refractivity contribution in [2.75, 3.05) is 16.8 Å². The standard InChI is InChI=1S/C30H36N4S2/c31-29(33-27-17-15-23-11-5-7-13-25(23)21-27)35-19-9-3-1-2-4-10-20-36-30(32)34-28-18-16-24-12-6-8-14-26(24)22-28/h5-8,11-18,21-22,29,33H,1-4,9-10,19-20,31H2,(H2,32,34). The fourth-order valence-electron chi connectivity index (χ4n) is 4.19. The molecule has 0 aliphatic heterocycles. The summed E-state index contributed by atoms with van der Waals surface area (Å²) < 4.78 is 0. The van der Waals surface area contributed by atoms with E-state index < -0.39 is 0 Å². The fourth-order valence-corrected chi connectivity index (χ4v) is 5.76. The highest BCUT2D eigenvalue weighted by Crippen LogP contribution is 2.23. The number of benzene rings is 4. The van der Waals surface area contributed by atoms with Crippen LogP contribution < -0.4 is 16.8 Å². The number of anilines is 1. The Morgan fingerprint density at radius 3 is 2.00 bits per heavy atom. The molecule has 0 aliphatic rings. The van der Waals surface area contributed by atoms with Crippen LogP contribution in [-0.4, -0.2) is 22.2 Å². The third-order valence-electron chi connectivity index (χ3n) is 6.12. The Morgan fingerprint density at radius 1 is 0.694 bits per heavy atom. The molecule has 4 rings (SSSR count). The van der Waals surface area contributed by atoms with Gasteiger partial charge in [0.1, 0.15) is 5.50 Å². The number of nitrogens with two attached hydrogens (primary N) is 2. The summed E-state index contributed by atoms with van der Waals surface area (Å²) in [6.45, 7) is 0. The fraction of sp³-hybridized carbons (Fsp3) is 0.300. The summed E-state index contributed by atoms with van der Waals surface area (Å²) in [4.78, 5) is 4.57. The predicted octanol–water partition coefficient (Wildman–Crippen LogP) is 8.10. The third kappa shape index (κ3) is 8.47. The van der Waals surface area contributed by atoms with Crippen LogP contribution in [0.2, 0.25) is 0 Å². The van der Waals surface area contributed by atoms with E-state index in [1.807, 2.05) is 12.1 Å². The van der Waals surface area contributed by atoms with E-state index in [0.29, 0.717) is 5.17 Å². The van der Waals surface area contributed by atoms with Crippen molar-refractivity contribution in [3.63, 3.8) is 0 Å². The first kappa shape index (κ1) is 26.4. The van der Waals surface area contributed by atoms with Crippen molar-refractivity contribution in [2.24, 2.45) is 16.5 Å². The van der Waals surface area contributed by atoms with E-state index >= 15 is 0 Å². The second-order valence-electron chi connectivity index (χ2n) is 8.95. The first-order valence-corrected chi connectivity index (χ1v) is 14.8. The number of thioether (sulfide) groups is 2. The van der Waals surface area contributed by atoms with Gasteiger partial charge in [-0.25, -0.2) is 4.99 Å². The van der Waals surface area contributed by atoms with Gasteiger partial charge in [-0.15, -0.1) is 11.8 Å². The second kappa shape index (κ2) is 14.2. The molecule has 5 N–H and O–H groups in total. The third-order valence-corrected chi connectivity index (χ3v) is 8.00. The van der Waals surface area contributed by atoms with Crippen LogP contribution in [0, 0.1) is 0 Å². The zero-order valence-corrected chi connectivity index (χ0v) is 22.4. The van der Waals surface area contributed by atoms with Gasteiger partial charge in [0, 0.05) is 11.4 Å². The van der Waals surface area contributed by atoms with E-state index in [1.165, 1.54) is 60.1 Å². The molecule has 0 aliphatic carbocycles. The minimum Gasteiger partial charge on any atom is -0.378 e. The molecule has 4 aromatic rings. The molecule has 0 saturated heterocycles. The first-order chi connectivity index (χ1) is 17.7. The van der Waals surface area contributed by atoms with E-state index in [4.69, 9.17) is 11.5 Å². The Morgan fingerprint density at radius 2 is 1.28 bits per heavy atom. The van der Waals surface area contributed by atoms with Gasteiger partial charge in [-0.2, -0.15) is 0 Å². The summed E-state index contributed by atoms with van der Waals surface area (Å²) >= 11 is 3.45. The van der Waals surface area contributed by atoms with Gasteiger partial charge in [0.05, 0.1) is 5.69 Å². The molecule has 36 heavy (non-hydrogen) atoms. The molecule has 0 spiro atoms. The molecule has 4 nitrogen and oxygen atoms in total. The van der Waals surface area contributed by atoms with Crippen molar-refractivity contribution in [2.45, 2.75) is 44.0 Å². The van der Waals surface area contributed by atoms with Gasteiger partial charge in [0.2, 0.25) is 0 Å². The number of nitrogens with one attached hydrogen (secondary N) is 1. The van der Waals surface area contributed by atoms with E-state index in [1.54, 1.807) is 23.5 Å². The van der Waals surface area contributed by atoms with E-state index in [-0.39, 0.29) is 5.50 Å². The average Bonchev–Trinajstić information content (AvgIpc) is 2.89. The smallest absolute Gasteiger partial charge is 0.159 e. The van der Waals surface area contributed by atoms with Crippen molar-refractivity contribution >= 4 is 61.6 Å². The van der Waals surface area contributed by atoms with Crippen LogP contribution in [0.4, 0.5) is 11.4 Å². The lowest BCUT2D eigenvalue weighted by atomic mass is 10.1. The summed E-state index contributed by atoms with van der Waals surface area (Å²) in [7, 11) is 0. The van der Waals surface area contributed by atoms with Gasteiger partial charge in [-0.3, -0.25) is 0 Å². The van der Waals surface area contributed by atoms with Crippen LogP contribution in [0.1, 0.15) is 38.5 Å². The predicted molar refractivity (Wildman–Crippen MR) is 163 cm³/mol. The normalized spacial score (nSPS) is 12.8. The molecule has 0 fully saturated rings. The van der Waals surface area contributed by atoms with Gasteiger partial charge >= 0.3 is 0 Å². The molecule has 4 aromatic carbocycles. The number of hydrogen-bond acceptors (Lipinski definition) is 5. The topological polar surface area (TPSA) is 76.4 Å². The minimum atomic E-state index is -0.0788. The molecule has 0 bridgehead atoms. The van der Waals surface area contributed by atoms with Crippen LogP contribution in [0.25, 0.3) is 21.5 Å². The highest BCUT2D eigenvalue weighted by atomic mass is 32.2. The number of nitrogens with zero attached hydrogens (tertiary/aromatic N) is 1. The largest absolute Gasteiger partial charge is 0.378 e. The lowest BCUT2D eigenvalue weighted by molar-refractivity contribution is 0.629. The molecular formula is C30H36N4S2. The van der Waals surface area contributed by atoms with Crippen LogP contribution in [0.3, 0.4) is 0 Å². The Hall–Kier alpha value is -2.67. The second-order valence-corrected chi connectivity index (χ2v) is 11.3. The van der Waals surface area contributed by atoms with Gasteiger partial charge in [-0.1, -0.05) is 98.1 Å². The maximum atomic E-state index is 6.27. The van der Waals surface area contributed by atoms with Crippen LogP contribution in [0.15, 0.2) is 89.9 Å². The zero-order valence-electron chi connectivity index (χ0n) is 20.7. The summed E-state index contributed by atoms with van der Waals surface area (Å²) in [5, 5.41) is 8.96. The number of amidine groups is 1. The number of rotatable bonds is 13. The maximum Gasteiger partial charge on any atom is 0.159 e. The molecule has 6 heteroatoms. The zero-order chi connectivity index (χ0) is 25.0. The van der Waals surface area contributed by atoms with Gasteiger partial charge in [0.25, 0.3) is 0 Å². The maximum absolute atomic E-state index is 6.27. The monoisotopic (exact) mass is 516 g/mol. The van der Waals surface area contributed by atoms with Gasteiger partial charge < -0.3 is 16.8 Å². The van der Waals surface area contributed by atoms with Crippen molar-refractivity contribution in [3.05, 3.63) is 84.9 Å². The number of aliphatic imine (C=N–C) groups is 1. The average molecular weight is 517 g/mol. The highest BCUT2D eigenvalue weighted by molar-refractivity contribution is 8.13. The number of unbranched alkanes of at least 4 members (excludes halogenated alkanes) is 5. The summed E-state index contributed by atoms with van der Waals surface area (Å²) in [5.41, 5.74) is 14.3. The van der Waals surface area contributed by atoms with Crippen molar-refractivity contribution in [1.29, 1.82) is 0 Å². The van der Waals surface area contributed by atoms with Gasteiger partial charge in [-0.05, 0) is 64.4 Å². The Balaban J connectivity index is 1.02. The lowest BCUT2D eigenvalue weighted by Crippen LogP contribution is -2.26. The number of hydrogen-bond donors (Lipinski definition) is 3. The summed E-state index contributed by atoms with van der Waals surface area (Å²) in [6.07, 6.45) is 7.43. The Bertz CT molecular complexity index is 1270. The van der Waals surface area contributed by atoms with Crippen molar-refractivity contribution < 1.29 is 0 Å². The molecule has 1 unspecified atom stereocenters. The van der Waals surface area contributed by atoms with Crippen molar-refractivity contribution in [3.8, 4) is 0 Å². The Kier molecular flexibility index (Phi) is 10.4. The quantitative estimate of drug-likeness (QED) is 0.0724. The lowest BCUT2D eigenvalue weighted by Gasteiger charge is -2.15. The SMILES string of the molecule is NC(=Nc1ccc2ccccc2c1)SCCCCCCCCSC(N)Nc1ccc2ccccc2c1. The van der Waals surface area contributed by atoms with Crippen molar-refractivity contribution in [1.82, 2.24) is 0 Å². The molecule has 0 amide bonds. The van der Waals surface area contributed by atoms with Crippen LogP contribution in [0.5, 0.6) is 0 Å². The molecule has 188 valence electrons. The molecular weight excluding hydrogens is 480 g/mol. The molecule has 0 heterocycles. The van der Waals surface area contributed by atoms with Gasteiger partial charge in [0.15, 0.2) is 5.17 Å². The van der Waals surface area contributed by atoms with Crippen LogP contribution in [-0.2, 0) is 0 Å². The molecule has 0 aromatic heterocycles. The number of fused-ring (bicyclic) bond motifs is 2.